The average Bonchev–Trinajstić information content (AvgIpc) is 1.88. The summed E-state index contributed by atoms with van der Waals surface area (Å²) in [4.78, 5) is 11.5. The second kappa shape index (κ2) is 4.95. The summed E-state index contributed by atoms with van der Waals surface area (Å²) in [5.74, 6) is 2.51. The van der Waals surface area contributed by atoms with Crippen LogP contribution in [0.3, 0.4) is 0 Å². The Balaban J connectivity index is 3.46. The van der Waals surface area contributed by atoms with Gasteiger partial charge in [-0.25, -0.2) is 0 Å². The molecule has 0 fully saturated rings. The number of halogens is 1. The molecule has 1 amide bonds. The minimum Gasteiger partial charge on any atom is -0.424 e. The average molecular weight is 162 g/mol. The molecule has 0 aliphatic heterocycles. The Labute approximate surface area is 64.9 Å². The van der Waals surface area contributed by atoms with E-state index < -0.39 is 5.37 Å². The standard InChI is InChI=1S/C6H8ClNO2/c1-3-4-10-5-8(2)6(7)9/h5H2,1-2H3. The van der Waals surface area contributed by atoms with Crippen molar-refractivity contribution in [3.8, 4) is 12.0 Å². The van der Waals surface area contributed by atoms with Crippen LogP contribution in [0.25, 0.3) is 0 Å². The number of ether oxygens (including phenoxy) is 1. The summed E-state index contributed by atoms with van der Waals surface area (Å²) in [6, 6.07) is 0. The smallest absolute Gasteiger partial charge is 0.318 e. The zero-order valence-corrected chi connectivity index (χ0v) is 6.60. The van der Waals surface area contributed by atoms with Gasteiger partial charge >= 0.3 is 5.37 Å². The summed E-state index contributed by atoms with van der Waals surface area (Å²) >= 11 is 5.07. The summed E-state index contributed by atoms with van der Waals surface area (Å²) in [6.45, 7) is 1.74. The number of nitrogens with zero attached hydrogens (tertiary/aromatic N) is 1. The van der Waals surface area contributed by atoms with Gasteiger partial charge in [0.2, 0.25) is 0 Å². The van der Waals surface area contributed by atoms with E-state index in [1.54, 1.807) is 6.92 Å². The maximum atomic E-state index is 10.3. The van der Waals surface area contributed by atoms with Gasteiger partial charge in [0.05, 0.1) is 0 Å². The first kappa shape index (κ1) is 9.12. The Kier molecular flexibility index (Phi) is 4.51. The molecule has 10 heavy (non-hydrogen) atoms. The summed E-state index contributed by atoms with van der Waals surface area (Å²) < 4.78 is 4.67. The second-order valence-corrected chi connectivity index (χ2v) is 1.90. The Bertz CT molecular complexity index is 170. The van der Waals surface area contributed by atoms with Crippen molar-refractivity contribution in [3.05, 3.63) is 0 Å². The third-order valence-corrected chi connectivity index (χ3v) is 1.02. The molecule has 0 spiro atoms. The molecule has 0 N–H and O–H groups in total. The minimum absolute atomic E-state index is 0.100. The third-order valence-electron chi connectivity index (χ3n) is 0.733. The first-order valence-corrected chi connectivity index (χ1v) is 3.00. The highest BCUT2D eigenvalue weighted by molar-refractivity contribution is 6.62. The fraction of sp³-hybridized carbons (Fsp3) is 0.500. The molecule has 3 nitrogen and oxygen atoms in total. The van der Waals surface area contributed by atoms with Gasteiger partial charge in [0, 0.05) is 14.0 Å². The van der Waals surface area contributed by atoms with Crippen molar-refractivity contribution >= 4 is 17.0 Å². The maximum Gasteiger partial charge on any atom is 0.318 e. The lowest BCUT2D eigenvalue weighted by Crippen LogP contribution is -2.22. The van der Waals surface area contributed by atoms with E-state index >= 15 is 0 Å². The van der Waals surface area contributed by atoms with Crippen molar-refractivity contribution in [2.45, 2.75) is 6.92 Å². The highest BCUT2D eigenvalue weighted by Gasteiger charge is 2.01. The van der Waals surface area contributed by atoms with E-state index in [0.29, 0.717) is 0 Å². The van der Waals surface area contributed by atoms with Crippen molar-refractivity contribution in [2.75, 3.05) is 13.8 Å². The number of rotatable bonds is 2. The molecule has 0 aliphatic carbocycles. The Morgan fingerprint density at radius 3 is 2.80 bits per heavy atom. The van der Waals surface area contributed by atoms with Crippen LogP contribution in [0, 0.1) is 12.0 Å². The molecule has 0 heterocycles. The van der Waals surface area contributed by atoms with Gasteiger partial charge in [0.1, 0.15) is 6.11 Å². The lowest BCUT2D eigenvalue weighted by Gasteiger charge is -2.09. The largest absolute Gasteiger partial charge is 0.424 e. The molecule has 0 saturated heterocycles. The van der Waals surface area contributed by atoms with Crippen molar-refractivity contribution in [1.29, 1.82) is 0 Å². The first-order valence-electron chi connectivity index (χ1n) is 2.62. The third kappa shape index (κ3) is 4.04. The molecular weight excluding hydrogens is 154 g/mol. The van der Waals surface area contributed by atoms with Gasteiger partial charge in [-0.05, 0) is 11.6 Å². The molecule has 0 rings (SSSR count). The maximum absolute atomic E-state index is 10.3. The number of hydrogen-bond donors (Lipinski definition) is 0. The van der Waals surface area contributed by atoms with E-state index in [2.05, 4.69) is 16.8 Å². The van der Waals surface area contributed by atoms with Crippen molar-refractivity contribution < 1.29 is 9.53 Å². The molecule has 0 unspecified atom stereocenters. The summed E-state index contributed by atoms with van der Waals surface area (Å²) in [5, 5.41) is -0.557. The number of hydrogen-bond acceptors (Lipinski definition) is 2. The highest BCUT2D eigenvalue weighted by Crippen LogP contribution is 1.90. The van der Waals surface area contributed by atoms with Crippen LogP contribution >= 0.6 is 11.6 Å². The molecule has 0 aromatic carbocycles. The van der Waals surface area contributed by atoms with E-state index in [-0.39, 0.29) is 6.73 Å². The van der Waals surface area contributed by atoms with E-state index in [1.165, 1.54) is 11.9 Å². The molecule has 0 saturated carbocycles. The molecule has 0 aliphatic rings. The van der Waals surface area contributed by atoms with Gasteiger partial charge in [-0.2, -0.15) is 0 Å². The van der Waals surface area contributed by atoms with Crippen LogP contribution in [-0.2, 0) is 4.74 Å². The number of carbonyl (C=O) groups is 1. The van der Waals surface area contributed by atoms with Gasteiger partial charge in [-0.15, -0.1) is 0 Å². The van der Waals surface area contributed by atoms with Crippen LogP contribution < -0.4 is 0 Å². The van der Waals surface area contributed by atoms with Crippen LogP contribution in [0.5, 0.6) is 0 Å². The SMILES string of the molecule is CC#COCN(C)C(=O)Cl. The van der Waals surface area contributed by atoms with Gasteiger partial charge in [-0.3, -0.25) is 9.69 Å². The van der Waals surface area contributed by atoms with Crippen LogP contribution in [0.1, 0.15) is 6.92 Å². The van der Waals surface area contributed by atoms with Gasteiger partial charge in [-0.1, -0.05) is 5.92 Å². The van der Waals surface area contributed by atoms with Crippen LogP contribution in [-0.4, -0.2) is 24.0 Å². The van der Waals surface area contributed by atoms with E-state index in [9.17, 15) is 4.79 Å². The molecule has 0 bridgehead atoms. The van der Waals surface area contributed by atoms with Crippen molar-refractivity contribution in [3.63, 3.8) is 0 Å². The fourth-order valence-electron chi connectivity index (χ4n) is 0.252. The lowest BCUT2D eigenvalue weighted by molar-refractivity contribution is 0.151. The zero-order chi connectivity index (χ0) is 7.98. The zero-order valence-electron chi connectivity index (χ0n) is 5.85. The normalized spacial score (nSPS) is 7.50. The van der Waals surface area contributed by atoms with E-state index in [4.69, 9.17) is 11.6 Å². The Morgan fingerprint density at radius 2 is 2.40 bits per heavy atom. The molecule has 0 aromatic rings. The summed E-state index contributed by atoms with van der Waals surface area (Å²) in [5.41, 5.74) is 0. The van der Waals surface area contributed by atoms with Crippen LogP contribution in [0.2, 0.25) is 0 Å². The number of amides is 1. The molecular formula is C6H8ClNO2. The fourth-order valence-corrected chi connectivity index (χ4v) is 0.301. The monoisotopic (exact) mass is 161 g/mol. The van der Waals surface area contributed by atoms with E-state index in [1.807, 2.05) is 0 Å². The topological polar surface area (TPSA) is 29.5 Å². The lowest BCUT2D eigenvalue weighted by atomic mass is 10.8. The van der Waals surface area contributed by atoms with Gasteiger partial charge in [0.15, 0.2) is 6.73 Å². The molecule has 0 radical (unpaired) electrons. The van der Waals surface area contributed by atoms with Gasteiger partial charge < -0.3 is 4.74 Å². The molecule has 0 atom stereocenters. The van der Waals surface area contributed by atoms with Gasteiger partial charge in [0.25, 0.3) is 0 Å². The minimum atomic E-state index is -0.557. The van der Waals surface area contributed by atoms with Crippen LogP contribution in [0.4, 0.5) is 4.79 Å². The first-order chi connectivity index (χ1) is 4.68. The molecule has 56 valence electrons. The predicted octanol–water partition coefficient (Wildman–Crippen LogP) is 1.23. The molecule has 4 heteroatoms. The second-order valence-electron chi connectivity index (χ2n) is 1.58. The summed E-state index contributed by atoms with van der Waals surface area (Å²) in [6.07, 6.45) is 2.33. The van der Waals surface area contributed by atoms with E-state index in [0.717, 1.165) is 0 Å². The predicted molar refractivity (Wildman–Crippen MR) is 38.4 cm³/mol. The Hall–Kier alpha value is -0.880. The van der Waals surface area contributed by atoms with Crippen molar-refractivity contribution in [1.82, 2.24) is 4.90 Å². The Morgan fingerprint density at radius 1 is 1.80 bits per heavy atom. The quantitative estimate of drug-likeness (QED) is 0.264. The van der Waals surface area contributed by atoms with Crippen LogP contribution in [0.15, 0.2) is 0 Å². The number of carbonyl (C=O) groups excluding carboxylic acids is 1. The molecule has 0 aromatic heterocycles. The summed E-state index contributed by atoms with van der Waals surface area (Å²) in [7, 11) is 1.52. The van der Waals surface area contributed by atoms with Crippen molar-refractivity contribution in [2.24, 2.45) is 0 Å². The highest BCUT2D eigenvalue weighted by atomic mass is 35.5.